The summed E-state index contributed by atoms with van der Waals surface area (Å²) in [6, 6.07) is 0. The zero-order valence-corrected chi connectivity index (χ0v) is 10.1. The molecule has 0 aliphatic rings. The molecule has 0 bridgehead atoms. The first-order valence-corrected chi connectivity index (χ1v) is 5.73. The summed E-state index contributed by atoms with van der Waals surface area (Å²) in [6.45, 7) is 7.49. The standard InChI is InChI=1S/C13H22O2/c1-4-7-10-13(14-11-8-5-2)15-12-9-6-3/h10H,5-6,8-9,11-12H2,1-3H3. The van der Waals surface area contributed by atoms with Gasteiger partial charge in [-0.1, -0.05) is 32.6 Å². The molecule has 0 rings (SSSR count). The van der Waals surface area contributed by atoms with Crippen LogP contribution < -0.4 is 0 Å². The molecular formula is C13H22O2. The monoisotopic (exact) mass is 210 g/mol. The molecule has 0 amide bonds. The summed E-state index contributed by atoms with van der Waals surface area (Å²) in [5, 5.41) is 0. The van der Waals surface area contributed by atoms with Crippen LogP contribution in [-0.4, -0.2) is 13.2 Å². The lowest BCUT2D eigenvalue weighted by Gasteiger charge is -2.10. The van der Waals surface area contributed by atoms with Gasteiger partial charge in [-0.25, -0.2) is 0 Å². The predicted molar refractivity (Wildman–Crippen MR) is 63.3 cm³/mol. The van der Waals surface area contributed by atoms with Crippen LogP contribution in [0.3, 0.4) is 0 Å². The van der Waals surface area contributed by atoms with E-state index in [0.717, 1.165) is 25.7 Å². The molecule has 0 unspecified atom stereocenters. The van der Waals surface area contributed by atoms with Crippen LogP contribution in [0, 0.1) is 11.8 Å². The predicted octanol–water partition coefficient (Wildman–Crippen LogP) is 3.48. The van der Waals surface area contributed by atoms with Crippen molar-refractivity contribution in [1.82, 2.24) is 0 Å². The van der Waals surface area contributed by atoms with Crippen LogP contribution in [-0.2, 0) is 9.47 Å². The highest BCUT2D eigenvalue weighted by Crippen LogP contribution is 2.03. The first-order valence-electron chi connectivity index (χ1n) is 5.73. The van der Waals surface area contributed by atoms with Crippen molar-refractivity contribution in [2.45, 2.75) is 46.5 Å². The van der Waals surface area contributed by atoms with E-state index in [1.165, 1.54) is 0 Å². The summed E-state index contributed by atoms with van der Waals surface area (Å²) >= 11 is 0. The van der Waals surface area contributed by atoms with Crippen molar-refractivity contribution >= 4 is 0 Å². The molecule has 15 heavy (non-hydrogen) atoms. The molecule has 0 radical (unpaired) electrons. The van der Waals surface area contributed by atoms with Gasteiger partial charge in [-0.2, -0.15) is 0 Å². The Balaban J connectivity index is 3.88. The van der Waals surface area contributed by atoms with E-state index in [4.69, 9.17) is 9.47 Å². The molecule has 0 heterocycles. The number of unbranched alkanes of at least 4 members (excludes halogenated alkanes) is 2. The highest BCUT2D eigenvalue weighted by Gasteiger charge is 1.97. The van der Waals surface area contributed by atoms with Crippen LogP contribution in [0.2, 0.25) is 0 Å². The normalized spacial score (nSPS) is 8.73. The molecule has 0 saturated heterocycles. The Labute approximate surface area is 93.7 Å². The number of allylic oxidation sites excluding steroid dienone is 1. The van der Waals surface area contributed by atoms with Crippen molar-refractivity contribution in [2.75, 3.05) is 13.2 Å². The van der Waals surface area contributed by atoms with Crippen LogP contribution in [0.5, 0.6) is 0 Å². The van der Waals surface area contributed by atoms with Crippen molar-refractivity contribution in [2.24, 2.45) is 0 Å². The number of ether oxygens (including phenoxy) is 2. The minimum Gasteiger partial charge on any atom is -0.465 e. The topological polar surface area (TPSA) is 18.5 Å². The smallest absolute Gasteiger partial charge is 0.287 e. The van der Waals surface area contributed by atoms with Gasteiger partial charge in [-0.05, 0) is 19.8 Å². The molecule has 0 saturated carbocycles. The van der Waals surface area contributed by atoms with Gasteiger partial charge in [0.25, 0.3) is 5.95 Å². The molecule has 0 aliphatic carbocycles. The minimum atomic E-state index is 0.561. The molecule has 2 heteroatoms. The van der Waals surface area contributed by atoms with Gasteiger partial charge < -0.3 is 9.47 Å². The maximum Gasteiger partial charge on any atom is 0.287 e. The van der Waals surface area contributed by atoms with Crippen molar-refractivity contribution in [3.8, 4) is 11.8 Å². The van der Waals surface area contributed by atoms with Gasteiger partial charge in [0.2, 0.25) is 0 Å². The van der Waals surface area contributed by atoms with Crippen LogP contribution in [0.25, 0.3) is 0 Å². The van der Waals surface area contributed by atoms with E-state index in [9.17, 15) is 0 Å². The van der Waals surface area contributed by atoms with Crippen LogP contribution in [0.1, 0.15) is 46.5 Å². The second kappa shape index (κ2) is 11.0. The van der Waals surface area contributed by atoms with Crippen LogP contribution in [0.15, 0.2) is 12.0 Å². The van der Waals surface area contributed by atoms with Gasteiger partial charge >= 0.3 is 0 Å². The van der Waals surface area contributed by atoms with E-state index in [1.807, 2.05) is 0 Å². The summed E-state index contributed by atoms with van der Waals surface area (Å²) in [5.74, 6) is 6.19. The largest absolute Gasteiger partial charge is 0.465 e. The van der Waals surface area contributed by atoms with Crippen molar-refractivity contribution in [3.05, 3.63) is 12.0 Å². The molecule has 86 valence electrons. The third kappa shape index (κ3) is 9.21. The van der Waals surface area contributed by atoms with Crippen molar-refractivity contribution in [1.29, 1.82) is 0 Å². The lowest BCUT2D eigenvalue weighted by molar-refractivity contribution is 0.0334. The number of rotatable bonds is 8. The molecule has 2 nitrogen and oxygen atoms in total. The van der Waals surface area contributed by atoms with Crippen molar-refractivity contribution in [3.63, 3.8) is 0 Å². The van der Waals surface area contributed by atoms with Gasteiger partial charge in [-0.15, -0.1) is 5.92 Å². The fourth-order valence-electron chi connectivity index (χ4n) is 0.890. The fraction of sp³-hybridized carbons (Fsp3) is 0.692. The Hall–Kier alpha value is -1.10. The summed E-state index contributed by atoms with van der Waals surface area (Å²) in [4.78, 5) is 0. The van der Waals surface area contributed by atoms with Crippen LogP contribution in [0.4, 0.5) is 0 Å². The third-order valence-corrected chi connectivity index (χ3v) is 1.82. The Morgan fingerprint density at radius 3 is 2.00 bits per heavy atom. The summed E-state index contributed by atoms with van der Waals surface area (Å²) in [7, 11) is 0. The first-order chi connectivity index (χ1) is 7.35. The Kier molecular flexibility index (Phi) is 10.2. The van der Waals surface area contributed by atoms with Crippen LogP contribution >= 0.6 is 0 Å². The van der Waals surface area contributed by atoms with Gasteiger partial charge in [0.15, 0.2) is 0 Å². The van der Waals surface area contributed by atoms with E-state index in [2.05, 4.69) is 25.7 Å². The lowest BCUT2D eigenvalue weighted by atomic mass is 10.4. The number of hydrogen-bond donors (Lipinski definition) is 0. The second-order valence-electron chi connectivity index (χ2n) is 3.26. The molecule has 0 atom stereocenters. The average molecular weight is 210 g/mol. The van der Waals surface area contributed by atoms with Crippen molar-refractivity contribution < 1.29 is 9.47 Å². The molecule has 0 N–H and O–H groups in total. The SMILES string of the molecule is CC#CC=C(OCCCC)OCCCC. The highest BCUT2D eigenvalue weighted by atomic mass is 16.7. The van der Waals surface area contributed by atoms with E-state index < -0.39 is 0 Å². The Morgan fingerprint density at radius 1 is 1.07 bits per heavy atom. The molecule has 0 fully saturated rings. The number of hydrogen-bond acceptors (Lipinski definition) is 2. The zero-order valence-electron chi connectivity index (χ0n) is 10.1. The molecule has 0 spiro atoms. The van der Waals surface area contributed by atoms with Gasteiger partial charge in [0.05, 0.1) is 19.3 Å². The van der Waals surface area contributed by atoms with E-state index in [0.29, 0.717) is 19.2 Å². The first kappa shape index (κ1) is 13.9. The zero-order chi connectivity index (χ0) is 11.4. The molecule has 0 aromatic carbocycles. The maximum absolute atomic E-state index is 5.47. The summed E-state index contributed by atoms with van der Waals surface area (Å²) in [5.41, 5.74) is 0. The molecule has 0 aromatic rings. The third-order valence-electron chi connectivity index (χ3n) is 1.82. The Morgan fingerprint density at radius 2 is 1.60 bits per heavy atom. The van der Waals surface area contributed by atoms with Gasteiger partial charge in [0.1, 0.15) is 0 Å². The average Bonchev–Trinajstić information content (AvgIpc) is 2.25. The fourth-order valence-corrected chi connectivity index (χ4v) is 0.890. The van der Waals surface area contributed by atoms with E-state index in [1.54, 1.807) is 13.0 Å². The second-order valence-corrected chi connectivity index (χ2v) is 3.26. The Bertz CT molecular complexity index is 208. The summed E-state index contributed by atoms with van der Waals surface area (Å²) < 4.78 is 10.9. The molecular weight excluding hydrogens is 188 g/mol. The lowest BCUT2D eigenvalue weighted by Crippen LogP contribution is -2.01. The summed E-state index contributed by atoms with van der Waals surface area (Å²) in [6.07, 6.45) is 6.05. The van der Waals surface area contributed by atoms with Gasteiger partial charge in [0, 0.05) is 0 Å². The molecule has 0 aromatic heterocycles. The van der Waals surface area contributed by atoms with E-state index >= 15 is 0 Å². The van der Waals surface area contributed by atoms with Gasteiger partial charge in [-0.3, -0.25) is 0 Å². The maximum atomic E-state index is 5.47. The van der Waals surface area contributed by atoms with E-state index in [-0.39, 0.29) is 0 Å². The highest BCUT2D eigenvalue weighted by molar-refractivity contribution is 5.14. The molecule has 0 aliphatic heterocycles. The quantitative estimate of drug-likeness (QED) is 0.347. The minimum absolute atomic E-state index is 0.561.